The van der Waals surface area contributed by atoms with Crippen LogP contribution in [-0.2, 0) is 17.6 Å². The molecule has 0 fully saturated rings. The van der Waals surface area contributed by atoms with Gasteiger partial charge in [-0.3, -0.25) is 9.78 Å². The third-order valence-corrected chi connectivity index (χ3v) is 6.84. The smallest absolute Gasteiger partial charge is 0.223 e. The quantitative estimate of drug-likeness (QED) is 0.417. The second-order valence-electron chi connectivity index (χ2n) is 8.22. The average Bonchev–Trinajstić information content (AvgIpc) is 3.57. The number of pyridine rings is 1. The number of fused-ring (bicyclic) bond motifs is 3. The molecule has 1 aliphatic carbocycles. The molecule has 0 spiro atoms. The summed E-state index contributed by atoms with van der Waals surface area (Å²) in [5.41, 5.74) is 7.92. The number of nitrogens with zero attached hydrogens (tertiary/aromatic N) is 6. The van der Waals surface area contributed by atoms with Gasteiger partial charge >= 0.3 is 0 Å². The molecule has 168 valence electrons. The molecule has 8 nitrogen and oxygen atoms in total. The molecule has 4 aromatic heterocycles. The van der Waals surface area contributed by atoms with Crippen LogP contribution in [0.15, 0.2) is 61.1 Å². The van der Waals surface area contributed by atoms with Gasteiger partial charge in [0, 0.05) is 42.3 Å². The van der Waals surface area contributed by atoms with Crippen molar-refractivity contribution in [1.82, 2.24) is 29.5 Å². The molecule has 1 amide bonds. The highest BCUT2D eigenvalue weighted by atomic mass is 32.1. The molecule has 1 N–H and O–H groups in total. The predicted octanol–water partition coefficient (Wildman–Crippen LogP) is 4.61. The summed E-state index contributed by atoms with van der Waals surface area (Å²) >= 11 is 1.49. The number of carbonyl (C=O) groups excluding carboxylic acids is 1. The molecule has 0 saturated carbocycles. The maximum atomic E-state index is 11.6. The Morgan fingerprint density at radius 1 is 1.12 bits per heavy atom. The lowest BCUT2D eigenvalue weighted by molar-refractivity contribution is -0.114. The number of anilines is 1. The summed E-state index contributed by atoms with van der Waals surface area (Å²) < 4.78 is 3.82. The molecule has 34 heavy (non-hydrogen) atoms. The molecule has 5 aromatic rings. The van der Waals surface area contributed by atoms with Gasteiger partial charge in [0.05, 0.1) is 33.3 Å². The highest BCUT2D eigenvalue weighted by Crippen LogP contribution is 2.44. The Balaban J connectivity index is 1.56. The molecule has 0 bridgehead atoms. The summed E-state index contributed by atoms with van der Waals surface area (Å²) in [6, 6.07) is 14.1. The van der Waals surface area contributed by atoms with Crippen LogP contribution in [0.2, 0.25) is 0 Å². The van der Waals surface area contributed by atoms with Crippen LogP contribution in [-0.4, -0.2) is 35.4 Å². The first-order valence-electron chi connectivity index (χ1n) is 11.0. The minimum absolute atomic E-state index is 0.127. The monoisotopic (exact) mass is 467 g/mol. The summed E-state index contributed by atoms with van der Waals surface area (Å²) in [6.45, 7) is 3.48. The third-order valence-electron chi connectivity index (χ3n) is 5.82. The van der Waals surface area contributed by atoms with Crippen molar-refractivity contribution in [2.75, 3.05) is 5.32 Å². The van der Waals surface area contributed by atoms with Gasteiger partial charge in [-0.25, -0.2) is 14.3 Å². The summed E-state index contributed by atoms with van der Waals surface area (Å²) in [6.07, 6.45) is 7.17. The first-order chi connectivity index (χ1) is 16.6. The van der Waals surface area contributed by atoms with Crippen molar-refractivity contribution in [2.24, 2.45) is 0 Å². The highest BCUT2D eigenvalue weighted by molar-refractivity contribution is 7.19. The van der Waals surface area contributed by atoms with Crippen molar-refractivity contribution in [3.63, 3.8) is 0 Å². The first-order valence-corrected chi connectivity index (χ1v) is 11.8. The number of amides is 1. The van der Waals surface area contributed by atoms with Crippen molar-refractivity contribution in [3.8, 4) is 33.2 Å². The van der Waals surface area contributed by atoms with E-state index in [1.54, 1.807) is 6.20 Å². The fourth-order valence-corrected chi connectivity index (χ4v) is 5.41. The maximum Gasteiger partial charge on any atom is 0.223 e. The zero-order chi connectivity index (χ0) is 23.2. The summed E-state index contributed by atoms with van der Waals surface area (Å²) in [4.78, 5) is 21.9. The Hall–Kier alpha value is -4.11. The molecule has 0 atom stereocenters. The van der Waals surface area contributed by atoms with Gasteiger partial charge in [0.1, 0.15) is 0 Å². The molecular formula is C25H21N7OS. The van der Waals surface area contributed by atoms with Crippen molar-refractivity contribution in [1.29, 1.82) is 0 Å². The molecule has 0 saturated heterocycles. The molecule has 6 rings (SSSR count). The Morgan fingerprint density at radius 3 is 2.76 bits per heavy atom. The lowest BCUT2D eigenvalue weighted by Gasteiger charge is -2.14. The Bertz CT molecular complexity index is 1510. The van der Waals surface area contributed by atoms with Crippen LogP contribution in [0.1, 0.15) is 23.9 Å². The third kappa shape index (κ3) is 3.50. The lowest BCUT2D eigenvalue weighted by Crippen LogP contribution is -2.07. The molecule has 9 heteroatoms. The number of benzene rings is 1. The molecule has 1 aliphatic rings. The van der Waals surface area contributed by atoms with E-state index >= 15 is 0 Å². The normalized spacial score (nSPS) is 12.3. The molecule has 4 heterocycles. The number of thiazole rings is 1. The average molecular weight is 468 g/mol. The van der Waals surface area contributed by atoms with E-state index in [0.29, 0.717) is 5.13 Å². The Labute approximate surface area is 199 Å². The maximum absolute atomic E-state index is 11.6. The number of hydrogen-bond acceptors (Lipinski definition) is 6. The fraction of sp³-hybridized carbons (Fsp3) is 0.160. The van der Waals surface area contributed by atoms with E-state index in [2.05, 4.69) is 27.5 Å². The van der Waals surface area contributed by atoms with Gasteiger partial charge in [-0.2, -0.15) is 10.2 Å². The van der Waals surface area contributed by atoms with E-state index in [1.165, 1.54) is 23.8 Å². The van der Waals surface area contributed by atoms with Crippen LogP contribution < -0.4 is 5.32 Å². The van der Waals surface area contributed by atoms with Crippen molar-refractivity contribution in [3.05, 3.63) is 78.0 Å². The van der Waals surface area contributed by atoms with Crippen molar-refractivity contribution >= 4 is 22.4 Å². The largest absolute Gasteiger partial charge is 0.302 e. The van der Waals surface area contributed by atoms with Crippen LogP contribution in [0.25, 0.3) is 33.2 Å². The number of hydrogen-bond donors (Lipinski definition) is 1. The van der Waals surface area contributed by atoms with Crippen LogP contribution in [0, 0.1) is 6.92 Å². The Kier molecular flexibility index (Phi) is 4.84. The van der Waals surface area contributed by atoms with Crippen LogP contribution in [0.5, 0.6) is 0 Å². The van der Waals surface area contributed by atoms with E-state index in [-0.39, 0.29) is 5.91 Å². The number of aryl methyl sites for hydroxylation is 2. The molecular weight excluding hydrogens is 446 g/mol. The lowest BCUT2D eigenvalue weighted by atomic mass is 9.95. The van der Waals surface area contributed by atoms with Gasteiger partial charge in [-0.1, -0.05) is 17.4 Å². The van der Waals surface area contributed by atoms with E-state index in [9.17, 15) is 4.79 Å². The Morgan fingerprint density at radius 2 is 2.00 bits per heavy atom. The standard InChI is InChI=1S/C25H21N7OS/c1-15-7-8-17(14-26-15)22-20-9-10-21-24(34-25(29-21)28-16(2)33)23(20)32(30-22)19-6-3-5-18(13-19)31-12-4-11-27-31/h3-8,11-14H,9-10H2,1-2H3,(H,28,29,33). The summed E-state index contributed by atoms with van der Waals surface area (Å²) in [5.74, 6) is -0.127. The zero-order valence-electron chi connectivity index (χ0n) is 18.7. The zero-order valence-corrected chi connectivity index (χ0v) is 19.5. The van der Waals surface area contributed by atoms with Crippen LogP contribution >= 0.6 is 11.3 Å². The van der Waals surface area contributed by atoms with Crippen molar-refractivity contribution < 1.29 is 4.79 Å². The van der Waals surface area contributed by atoms with Crippen LogP contribution in [0.3, 0.4) is 0 Å². The topological polar surface area (TPSA) is 90.5 Å². The molecule has 0 aliphatic heterocycles. The SMILES string of the molecule is CC(=O)Nc1nc2c(s1)-c1c(c(-c3ccc(C)nc3)nn1-c1cccc(-n3cccn3)c1)CC2. The molecule has 1 aromatic carbocycles. The highest BCUT2D eigenvalue weighted by Gasteiger charge is 2.30. The number of carbonyl (C=O) groups is 1. The van der Waals surface area contributed by atoms with E-state index in [4.69, 9.17) is 10.1 Å². The number of aromatic nitrogens is 6. The minimum atomic E-state index is -0.127. The first kappa shape index (κ1) is 20.5. The van der Waals surface area contributed by atoms with E-state index < -0.39 is 0 Å². The number of rotatable bonds is 4. The second kappa shape index (κ2) is 8.03. The number of nitrogens with one attached hydrogen (secondary N) is 1. The van der Waals surface area contributed by atoms with E-state index in [0.717, 1.165) is 57.4 Å². The second-order valence-corrected chi connectivity index (χ2v) is 9.22. The van der Waals surface area contributed by atoms with Crippen LogP contribution in [0.4, 0.5) is 5.13 Å². The van der Waals surface area contributed by atoms with Gasteiger partial charge in [-0.15, -0.1) is 0 Å². The minimum Gasteiger partial charge on any atom is -0.302 e. The summed E-state index contributed by atoms with van der Waals surface area (Å²) in [7, 11) is 0. The molecule has 0 radical (unpaired) electrons. The summed E-state index contributed by atoms with van der Waals surface area (Å²) in [5, 5.41) is 12.9. The van der Waals surface area contributed by atoms with Gasteiger partial charge in [0.2, 0.25) is 5.91 Å². The van der Waals surface area contributed by atoms with Gasteiger partial charge in [0.25, 0.3) is 0 Å². The van der Waals surface area contributed by atoms with Crippen molar-refractivity contribution in [2.45, 2.75) is 26.7 Å². The predicted molar refractivity (Wildman–Crippen MR) is 131 cm³/mol. The van der Waals surface area contributed by atoms with Gasteiger partial charge in [0.15, 0.2) is 5.13 Å². The van der Waals surface area contributed by atoms with E-state index in [1.807, 2.05) is 59.0 Å². The fourth-order valence-electron chi connectivity index (χ4n) is 4.29. The van der Waals surface area contributed by atoms with Gasteiger partial charge in [-0.05, 0) is 56.2 Å². The molecule has 0 unspecified atom stereocenters. The van der Waals surface area contributed by atoms with Gasteiger partial charge < -0.3 is 5.32 Å².